The Morgan fingerprint density at radius 2 is 1.75 bits per heavy atom. The van der Waals surface area contributed by atoms with E-state index in [1.54, 1.807) is 35.6 Å². The van der Waals surface area contributed by atoms with Gasteiger partial charge in [-0.05, 0) is 43.3 Å². The molecule has 0 aliphatic carbocycles. The van der Waals surface area contributed by atoms with E-state index in [1.165, 1.54) is 12.1 Å². The third kappa shape index (κ3) is 5.37. The summed E-state index contributed by atoms with van der Waals surface area (Å²) in [7, 11) is -3.71. The Labute approximate surface area is 190 Å². The van der Waals surface area contributed by atoms with Crippen LogP contribution in [0.15, 0.2) is 77.1 Å². The maximum absolute atomic E-state index is 11.9. The van der Waals surface area contributed by atoms with Crippen LogP contribution in [0.1, 0.15) is 5.56 Å². The predicted octanol–water partition coefficient (Wildman–Crippen LogP) is 4.80. The summed E-state index contributed by atoms with van der Waals surface area (Å²) in [5, 5.41) is 0. The Kier molecular flexibility index (Phi) is 6.89. The van der Waals surface area contributed by atoms with E-state index < -0.39 is 10.1 Å². The smallest absolute Gasteiger partial charge is 0.297 e. The van der Waals surface area contributed by atoms with Crippen molar-refractivity contribution in [2.24, 2.45) is 0 Å². The molecular weight excluding hydrogens is 450 g/mol. The van der Waals surface area contributed by atoms with Crippen molar-refractivity contribution in [3.8, 4) is 17.2 Å². The first-order valence-electron chi connectivity index (χ1n) is 9.79. The van der Waals surface area contributed by atoms with Crippen molar-refractivity contribution in [2.75, 3.05) is 20.0 Å². The summed E-state index contributed by atoms with van der Waals surface area (Å²) in [5.41, 5.74) is 3.78. The van der Waals surface area contributed by atoms with Gasteiger partial charge in [0.25, 0.3) is 10.1 Å². The average Bonchev–Trinajstić information content (AvgIpc) is 3.47. The summed E-state index contributed by atoms with van der Waals surface area (Å²) < 4.78 is 45.7. The summed E-state index contributed by atoms with van der Waals surface area (Å²) in [6.45, 7) is 2.37. The van der Waals surface area contributed by atoms with Crippen LogP contribution in [0.25, 0.3) is 10.2 Å². The number of fused-ring (bicyclic) bond motifs is 3. The van der Waals surface area contributed by atoms with Crippen LogP contribution in [0.3, 0.4) is 0 Å². The van der Waals surface area contributed by atoms with Gasteiger partial charge >= 0.3 is 0 Å². The van der Waals surface area contributed by atoms with Crippen molar-refractivity contribution in [1.82, 2.24) is 4.98 Å². The van der Waals surface area contributed by atoms with Crippen LogP contribution in [-0.2, 0) is 14.3 Å². The van der Waals surface area contributed by atoms with Crippen LogP contribution in [0.4, 0.5) is 0 Å². The molecule has 7 nitrogen and oxygen atoms in total. The Balaban J connectivity index is 0.000000171. The largest absolute Gasteiger partial charge is 0.491 e. The molecule has 2 heterocycles. The van der Waals surface area contributed by atoms with Crippen molar-refractivity contribution in [1.29, 1.82) is 0 Å². The number of hydrogen-bond acceptors (Lipinski definition) is 8. The van der Waals surface area contributed by atoms with Crippen molar-refractivity contribution >= 4 is 31.7 Å². The Morgan fingerprint density at radius 3 is 2.53 bits per heavy atom. The van der Waals surface area contributed by atoms with E-state index >= 15 is 0 Å². The molecule has 0 saturated carbocycles. The van der Waals surface area contributed by atoms with Gasteiger partial charge in [-0.15, -0.1) is 11.3 Å². The molecule has 0 N–H and O–H groups in total. The molecule has 0 fully saturated rings. The molecule has 0 amide bonds. The van der Waals surface area contributed by atoms with Crippen LogP contribution in [-0.4, -0.2) is 33.4 Å². The molecule has 32 heavy (non-hydrogen) atoms. The van der Waals surface area contributed by atoms with Crippen LogP contribution >= 0.6 is 11.3 Å². The first-order chi connectivity index (χ1) is 15.5. The van der Waals surface area contributed by atoms with Crippen molar-refractivity contribution in [2.45, 2.75) is 11.8 Å². The van der Waals surface area contributed by atoms with Crippen LogP contribution in [0.5, 0.6) is 17.2 Å². The molecule has 166 valence electrons. The third-order valence-electron chi connectivity index (χ3n) is 4.48. The van der Waals surface area contributed by atoms with Gasteiger partial charge in [-0.3, -0.25) is 4.18 Å². The fourth-order valence-corrected chi connectivity index (χ4v) is 4.55. The predicted molar refractivity (Wildman–Crippen MR) is 122 cm³/mol. The molecule has 1 aliphatic rings. The molecule has 0 spiro atoms. The number of rotatable bonds is 6. The maximum atomic E-state index is 11.9. The molecule has 0 bridgehead atoms. The summed E-state index contributed by atoms with van der Waals surface area (Å²) in [6, 6.07) is 19.5. The maximum Gasteiger partial charge on any atom is 0.297 e. The number of para-hydroxylation sites is 1. The van der Waals surface area contributed by atoms with Gasteiger partial charge in [0, 0.05) is 0 Å². The van der Waals surface area contributed by atoms with E-state index in [4.69, 9.17) is 18.4 Å². The number of aryl methyl sites for hydroxylation is 1. The molecule has 1 aromatic heterocycles. The molecule has 0 saturated heterocycles. The van der Waals surface area contributed by atoms with Crippen molar-refractivity contribution < 1.29 is 26.8 Å². The SMILES string of the molecule is Cc1ccc(S(=O)(=O)OCCOc2ccccc2)cc1.c1nc2ccc3c(c2s1)OCO3. The fourth-order valence-electron chi connectivity index (χ4n) is 2.88. The van der Waals surface area contributed by atoms with Crippen LogP contribution in [0, 0.1) is 6.92 Å². The number of aromatic nitrogens is 1. The zero-order valence-electron chi connectivity index (χ0n) is 17.3. The van der Waals surface area contributed by atoms with Gasteiger partial charge in [0.2, 0.25) is 6.79 Å². The lowest BCUT2D eigenvalue weighted by Crippen LogP contribution is -2.13. The molecule has 4 aromatic rings. The van der Waals surface area contributed by atoms with Crippen molar-refractivity contribution in [3.63, 3.8) is 0 Å². The normalized spacial score (nSPS) is 12.3. The lowest BCUT2D eigenvalue weighted by molar-refractivity contribution is 0.175. The Bertz CT molecular complexity index is 1270. The molecular formula is C23H21NO6S2. The number of nitrogens with zero attached hydrogens (tertiary/aromatic N) is 1. The topological polar surface area (TPSA) is 84.0 Å². The second-order valence-electron chi connectivity index (χ2n) is 6.75. The number of hydrogen-bond donors (Lipinski definition) is 0. The molecule has 9 heteroatoms. The molecule has 1 aliphatic heterocycles. The van der Waals surface area contributed by atoms with Gasteiger partial charge in [0.05, 0.1) is 15.9 Å². The summed E-state index contributed by atoms with van der Waals surface area (Å²) in [6.07, 6.45) is 0. The second kappa shape index (κ2) is 9.99. The second-order valence-corrected chi connectivity index (χ2v) is 9.22. The average molecular weight is 472 g/mol. The molecule has 0 radical (unpaired) electrons. The zero-order valence-corrected chi connectivity index (χ0v) is 18.9. The lowest BCUT2D eigenvalue weighted by Gasteiger charge is -2.07. The van der Waals surface area contributed by atoms with Gasteiger partial charge in [0.1, 0.15) is 23.7 Å². The Morgan fingerprint density at radius 1 is 0.969 bits per heavy atom. The van der Waals surface area contributed by atoms with E-state index in [-0.39, 0.29) is 18.1 Å². The van der Waals surface area contributed by atoms with E-state index in [0.717, 1.165) is 27.3 Å². The van der Waals surface area contributed by atoms with Crippen LogP contribution in [0.2, 0.25) is 0 Å². The molecule has 0 unspecified atom stereocenters. The van der Waals surface area contributed by atoms with Gasteiger partial charge < -0.3 is 14.2 Å². The number of benzene rings is 3. The number of thiazole rings is 1. The highest BCUT2D eigenvalue weighted by Gasteiger charge is 2.17. The fraction of sp³-hybridized carbons (Fsp3) is 0.174. The summed E-state index contributed by atoms with van der Waals surface area (Å²) in [4.78, 5) is 4.33. The first kappa shape index (κ1) is 22.1. The van der Waals surface area contributed by atoms with E-state index in [0.29, 0.717) is 12.5 Å². The minimum Gasteiger partial charge on any atom is -0.491 e. The molecule has 5 rings (SSSR count). The standard InChI is InChI=1S/C15H16O4S.C8H5NO2S/c1-13-7-9-15(10-8-13)20(16,17)19-12-11-18-14-5-3-2-4-6-14;1-2-6-7(11-4-10-6)8-5(1)9-3-12-8/h2-10H,11-12H2,1H3;1-3H,4H2. The quantitative estimate of drug-likeness (QED) is 0.295. The highest BCUT2D eigenvalue weighted by Crippen LogP contribution is 2.40. The zero-order chi connectivity index (χ0) is 22.4. The van der Waals surface area contributed by atoms with Gasteiger partial charge in [-0.1, -0.05) is 35.9 Å². The van der Waals surface area contributed by atoms with E-state index in [2.05, 4.69) is 4.98 Å². The third-order valence-corrected chi connectivity index (χ3v) is 6.65. The first-order valence-corrected chi connectivity index (χ1v) is 12.1. The number of ether oxygens (including phenoxy) is 3. The highest BCUT2D eigenvalue weighted by molar-refractivity contribution is 7.86. The molecule has 3 aromatic carbocycles. The van der Waals surface area contributed by atoms with E-state index in [1.807, 2.05) is 42.8 Å². The van der Waals surface area contributed by atoms with Crippen molar-refractivity contribution in [3.05, 3.63) is 77.8 Å². The van der Waals surface area contributed by atoms with Gasteiger partial charge in [-0.25, -0.2) is 4.98 Å². The summed E-state index contributed by atoms with van der Waals surface area (Å²) in [5.74, 6) is 2.35. The summed E-state index contributed by atoms with van der Waals surface area (Å²) >= 11 is 1.58. The van der Waals surface area contributed by atoms with Gasteiger partial charge in [0.15, 0.2) is 11.5 Å². The monoisotopic (exact) mass is 471 g/mol. The molecule has 0 atom stereocenters. The highest BCUT2D eigenvalue weighted by atomic mass is 32.2. The lowest BCUT2D eigenvalue weighted by atomic mass is 10.2. The van der Waals surface area contributed by atoms with E-state index in [9.17, 15) is 8.42 Å². The Hall–Kier alpha value is -3.14. The van der Waals surface area contributed by atoms with Crippen LogP contribution < -0.4 is 14.2 Å². The van der Waals surface area contributed by atoms with Gasteiger partial charge in [-0.2, -0.15) is 8.42 Å². The minimum absolute atomic E-state index is 0.0227. The minimum atomic E-state index is -3.71.